The summed E-state index contributed by atoms with van der Waals surface area (Å²) in [6.07, 6.45) is 1.58. The van der Waals surface area contributed by atoms with Gasteiger partial charge in [0.05, 0.1) is 29.9 Å². The molecule has 7 nitrogen and oxygen atoms in total. The van der Waals surface area contributed by atoms with E-state index in [4.69, 9.17) is 25.8 Å². The third-order valence-electron chi connectivity index (χ3n) is 4.87. The van der Waals surface area contributed by atoms with Gasteiger partial charge < -0.3 is 19.1 Å². The molecular weight excluding hydrogens is 384 g/mol. The third kappa shape index (κ3) is 4.09. The minimum atomic E-state index is -0.427. The fourth-order valence-corrected chi connectivity index (χ4v) is 3.90. The van der Waals surface area contributed by atoms with Crippen LogP contribution in [0.2, 0.25) is 5.02 Å². The van der Waals surface area contributed by atoms with Crippen LogP contribution in [0.5, 0.6) is 17.2 Å². The molecule has 0 amide bonds. The van der Waals surface area contributed by atoms with Crippen molar-refractivity contribution in [1.29, 1.82) is 0 Å². The van der Waals surface area contributed by atoms with Crippen molar-refractivity contribution in [3.63, 3.8) is 0 Å². The fraction of sp³-hybridized carbons (Fsp3) is 0.400. The first-order valence-electron chi connectivity index (χ1n) is 9.01. The number of nitro groups is 1. The Labute approximate surface area is 168 Å². The summed E-state index contributed by atoms with van der Waals surface area (Å²) in [5, 5.41) is 11.4. The standard InChI is InChI=1S/C20H23ClN2O5/c1-13-11-14(23(24)25)12-16(21)19(13)22-9-7-15(8-10-22)28-20-17(26-2)5-4-6-18(20)27-3/h4-6,11-12,15H,7-10H2,1-3H3. The van der Waals surface area contributed by atoms with Crippen molar-refractivity contribution in [2.45, 2.75) is 25.9 Å². The molecule has 0 unspecified atom stereocenters. The lowest BCUT2D eigenvalue weighted by Crippen LogP contribution is -2.38. The van der Waals surface area contributed by atoms with Gasteiger partial charge in [-0.1, -0.05) is 17.7 Å². The zero-order chi connectivity index (χ0) is 20.3. The molecule has 0 aromatic heterocycles. The highest BCUT2D eigenvalue weighted by Crippen LogP contribution is 2.39. The second kappa shape index (κ2) is 8.56. The summed E-state index contributed by atoms with van der Waals surface area (Å²) < 4.78 is 17.0. The van der Waals surface area contributed by atoms with Gasteiger partial charge in [0.25, 0.3) is 5.69 Å². The number of aryl methyl sites for hydroxylation is 1. The number of nitrogens with zero attached hydrogens (tertiary/aromatic N) is 2. The highest BCUT2D eigenvalue weighted by molar-refractivity contribution is 6.33. The van der Waals surface area contributed by atoms with Gasteiger partial charge in [0.2, 0.25) is 5.75 Å². The highest BCUT2D eigenvalue weighted by Gasteiger charge is 2.26. The smallest absolute Gasteiger partial charge is 0.271 e. The van der Waals surface area contributed by atoms with Crippen molar-refractivity contribution < 1.29 is 19.1 Å². The maximum atomic E-state index is 11.0. The number of piperidine rings is 1. The lowest BCUT2D eigenvalue weighted by molar-refractivity contribution is -0.384. The van der Waals surface area contributed by atoms with Crippen molar-refractivity contribution >= 4 is 23.0 Å². The van der Waals surface area contributed by atoms with E-state index in [9.17, 15) is 10.1 Å². The molecule has 1 fully saturated rings. The number of nitro benzene ring substituents is 1. The molecule has 28 heavy (non-hydrogen) atoms. The van der Waals surface area contributed by atoms with Gasteiger partial charge in [-0.25, -0.2) is 0 Å². The zero-order valence-electron chi connectivity index (χ0n) is 16.1. The van der Waals surface area contributed by atoms with E-state index < -0.39 is 4.92 Å². The SMILES string of the molecule is COc1cccc(OC)c1OC1CCN(c2c(C)cc([N+](=O)[O-])cc2Cl)CC1. The summed E-state index contributed by atoms with van der Waals surface area (Å²) >= 11 is 6.35. The predicted molar refractivity (Wildman–Crippen MR) is 108 cm³/mol. The Balaban J connectivity index is 1.72. The number of anilines is 1. The second-order valence-corrected chi connectivity index (χ2v) is 7.05. The van der Waals surface area contributed by atoms with Crippen LogP contribution in [-0.2, 0) is 0 Å². The minimum absolute atomic E-state index is 0.00716. The van der Waals surface area contributed by atoms with Gasteiger partial charge >= 0.3 is 0 Å². The van der Waals surface area contributed by atoms with Crippen LogP contribution in [0.1, 0.15) is 18.4 Å². The molecule has 0 bridgehead atoms. The Bertz CT molecular complexity index is 820. The third-order valence-corrected chi connectivity index (χ3v) is 5.16. The number of hydrogen-bond acceptors (Lipinski definition) is 6. The number of rotatable bonds is 6. The van der Waals surface area contributed by atoms with Gasteiger partial charge in [0.15, 0.2) is 11.5 Å². The molecule has 3 rings (SSSR count). The molecule has 0 saturated carbocycles. The van der Waals surface area contributed by atoms with E-state index in [1.165, 1.54) is 6.07 Å². The van der Waals surface area contributed by atoms with Crippen LogP contribution in [0.25, 0.3) is 0 Å². The van der Waals surface area contributed by atoms with Crippen LogP contribution in [-0.4, -0.2) is 38.3 Å². The Morgan fingerprint density at radius 1 is 1.14 bits per heavy atom. The number of non-ortho nitro benzene ring substituents is 1. The second-order valence-electron chi connectivity index (χ2n) is 6.65. The van der Waals surface area contributed by atoms with Crippen LogP contribution in [0.15, 0.2) is 30.3 Å². The quantitative estimate of drug-likeness (QED) is 0.514. The van der Waals surface area contributed by atoms with E-state index in [2.05, 4.69) is 4.90 Å². The molecule has 2 aromatic rings. The average molecular weight is 407 g/mol. The van der Waals surface area contributed by atoms with Gasteiger partial charge in [-0.15, -0.1) is 0 Å². The lowest BCUT2D eigenvalue weighted by atomic mass is 10.0. The number of hydrogen-bond donors (Lipinski definition) is 0. The first kappa shape index (κ1) is 20.1. The van der Waals surface area contributed by atoms with Crippen LogP contribution in [0, 0.1) is 17.0 Å². The molecule has 150 valence electrons. The van der Waals surface area contributed by atoms with Crippen LogP contribution >= 0.6 is 11.6 Å². The Kier molecular flexibility index (Phi) is 6.14. The first-order chi connectivity index (χ1) is 13.4. The number of ether oxygens (including phenoxy) is 3. The molecule has 0 atom stereocenters. The number of benzene rings is 2. The van der Waals surface area contributed by atoms with E-state index in [0.29, 0.717) is 22.3 Å². The monoisotopic (exact) mass is 406 g/mol. The number of para-hydroxylation sites is 1. The molecule has 2 aromatic carbocycles. The van der Waals surface area contributed by atoms with Crippen LogP contribution < -0.4 is 19.1 Å². The Morgan fingerprint density at radius 3 is 2.25 bits per heavy atom. The van der Waals surface area contributed by atoms with Gasteiger partial charge in [0.1, 0.15) is 6.10 Å². The molecular formula is C20H23ClN2O5. The average Bonchev–Trinajstić information content (AvgIpc) is 2.68. The highest BCUT2D eigenvalue weighted by atomic mass is 35.5. The summed E-state index contributed by atoms with van der Waals surface area (Å²) in [7, 11) is 3.20. The van der Waals surface area contributed by atoms with Crippen molar-refractivity contribution in [2.75, 3.05) is 32.2 Å². The van der Waals surface area contributed by atoms with Crippen LogP contribution in [0.4, 0.5) is 11.4 Å². The van der Waals surface area contributed by atoms with E-state index in [0.717, 1.165) is 37.2 Å². The van der Waals surface area contributed by atoms with Gasteiger partial charge in [-0.2, -0.15) is 0 Å². The van der Waals surface area contributed by atoms with E-state index in [1.807, 2.05) is 25.1 Å². The molecule has 0 spiro atoms. The van der Waals surface area contributed by atoms with Crippen molar-refractivity contribution in [3.05, 3.63) is 51.0 Å². The molecule has 1 saturated heterocycles. The van der Waals surface area contributed by atoms with Gasteiger partial charge in [-0.05, 0) is 24.6 Å². The lowest BCUT2D eigenvalue weighted by Gasteiger charge is -2.35. The summed E-state index contributed by atoms with van der Waals surface area (Å²) in [6, 6.07) is 8.50. The van der Waals surface area contributed by atoms with Crippen molar-refractivity contribution in [3.8, 4) is 17.2 Å². The van der Waals surface area contributed by atoms with E-state index in [-0.39, 0.29) is 11.8 Å². The maximum Gasteiger partial charge on any atom is 0.271 e. The fourth-order valence-electron chi connectivity index (χ4n) is 3.52. The zero-order valence-corrected chi connectivity index (χ0v) is 16.9. The first-order valence-corrected chi connectivity index (χ1v) is 9.39. The molecule has 8 heteroatoms. The largest absolute Gasteiger partial charge is 0.493 e. The summed E-state index contributed by atoms with van der Waals surface area (Å²) in [4.78, 5) is 12.7. The topological polar surface area (TPSA) is 74.1 Å². The van der Waals surface area contributed by atoms with Gasteiger partial charge in [-0.3, -0.25) is 10.1 Å². The number of methoxy groups -OCH3 is 2. The molecule has 0 N–H and O–H groups in total. The normalized spacial score (nSPS) is 14.6. The van der Waals surface area contributed by atoms with Crippen molar-refractivity contribution in [2.24, 2.45) is 0 Å². The van der Waals surface area contributed by atoms with E-state index in [1.54, 1.807) is 20.3 Å². The summed E-state index contributed by atoms with van der Waals surface area (Å²) in [5.74, 6) is 1.88. The van der Waals surface area contributed by atoms with Crippen LogP contribution in [0.3, 0.4) is 0 Å². The molecule has 1 heterocycles. The Hall–Kier alpha value is -2.67. The minimum Gasteiger partial charge on any atom is -0.493 e. The predicted octanol–water partition coefficient (Wildman–Crippen LogP) is 4.62. The Morgan fingerprint density at radius 2 is 1.75 bits per heavy atom. The summed E-state index contributed by atoms with van der Waals surface area (Å²) in [6.45, 7) is 3.32. The molecule has 1 aliphatic heterocycles. The molecule has 0 radical (unpaired) electrons. The summed E-state index contributed by atoms with van der Waals surface area (Å²) in [5.41, 5.74) is 1.65. The number of halogens is 1. The van der Waals surface area contributed by atoms with Gasteiger partial charge in [0, 0.05) is 38.1 Å². The van der Waals surface area contributed by atoms with E-state index >= 15 is 0 Å². The maximum absolute atomic E-state index is 11.0. The molecule has 1 aliphatic rings. The van der Waals surface area contributed by atoms with Crippen molar-refractivity contribution in [1.82, 2.24) is 0 Å². The molecule has 0 aliphatic carbocycles.